The molecule has 1 heterocycles. The van der Waals surface area contributed by atoms with Crippen LogP contribution in [-0.4, -0.2) is 22.2 Å². The monoisotopic (exact) mass is 387 g/mol. The second kappa shape index (κ2) is 7.69. The molecule has 0 saturated carbocycles. The fourth-order valence-corrected chi connectivity index (χ4v) is 2.86. The van der Waals surface area contributed by atoms with Gasteiger partial charge in [0.05, 0.1) is 11.8 Å². The number of nitrogens with one attached hydrogen (secondary N) is 1. The molecule has 0 bridgehead atoms. The van der Waals surface area contributed by atoms with E-state index in [0.717, 1.165) is 16.7 Å². The smallest absolute Gasteiger partial charge is 0.274 e. The summed E-state index contributed by atoms with van der Waals surface area (Å²) in [6.45, 7) is 12.3. The van der Waals surface area contributed by atoms with Crippen molar-refractivity contribution in [3.63, 3.8) is 0 Å². The van der Waals surface area contributed by atoms with E-state index in [9.17, 15) is 9.90 Å². The van der Waals surface area contributed by atoms with Crippen molar-refractivity contribution in [2.75, 3.05) is 0 Å². The largest absolute Gasteiger partial charge is 0.507 e. The highest BCUT2D eigenvalue weighted by atomic mass is 35.5. The highest BCUT2D eigenvalue weighted by Crippen LogP contribution is 2.39. The summed E-state index contributed by atoms with van der Waals surface area (Å²) in [7, 11) is 0. The lowest BCUT2D eigenvalue weighted by molar-refractivity contribution is 0.0955. The van der Waals surface area contributed by atoms with Crippen LogP contribution >= 0.6 is 11.6 Å². The van der Waals surface area contributed by atoms with Gasteiger partial charge in [0.2, 0.25) is 0 Å². The van der Waals surface area contributed by atoms with E-state index in [1.54, 1.807) is 18.3 Å². The van der Waals surface area contributed by atoms with Crippen molar-refractivity contribution in [2.45, 2.75) is 52.4 Å². The summed E-state index contributed by atoms with van der Waals surface area (Å²) in [5.74, 6) is -0.131. The fourth-order valence-electron chi connectivity index (χ4n) is 2.66. The minimum atomic E-state index is -0.435. The summed E-state index contributed by atoms with van der Waals surface area (Å²) < 4.78 is 0. The molecule has 0 aliphatic rings. The predicted octanol–water partition coefficient (Wildman–Crippen LogP) is 4.80. The first kappa shape index (κ1) is 20.9. The van der Waals surface area contributed by atoms with Gasteiger partial charge in [0.25, 0.3) is 5.91 Å². The quantitative estimate of drug-likeness (QED) is 0.451. The van der Waals surface area contributed by atoms with Crippen LogP contribution in [0.3, 0.4) is 0 Å². The number of phenols is 1. The number of amides is 1. The summed E-state index contributed by atoms with van der Waals surface area (Å²) >= 11 is 5.92. The third-order valence-electron chi connectivity index (χ3n) is 4.13. The van der Waals surface area contributed by atoms with E-state index in [1.807, 2.05) is 53.7 Å². The predicted molar refractivity (Wildman–Crippen MR) is 110 cm³/mol. The van der Waals surface area contributed by atoms with Crippen LogP contribution in [0.2, 0.25) is 5.15 Å². The SMILES string of the molecule is CC(C)(C)c1cc(C=NNC(=O)c2cccnc2Cl)cc(C(C)(C)C)c1O. The van der Waals surface area contributed by atoms with E-state index in [-0.39, 0.29) is 21.5 Å². The second-order valence-electron chi connectivity index (χ2n) is 8.51. The molecule has 2 rings (SSSR count). The molecule has 0 aliphatic carbocycles. The Morgan fingerprint density at radius 1 is 1.15 bits per heavy atom. The fraction of sp³-hybridized carbons (Fsp3) is 0.381. The van der Waals surface area contributed by atoms with Crippen molar-refractivity contribution in [2.24, 2.45) is 5.10 Å². The molecule has 0 unspecified atom stereocenters. The Morgan fingerprint density at radius 2 is 1.70 bits per heavy atom. The normalized spacial score (nSPS) is 12.4. The number of hydrazone groups is 1. The maximum atomic E-state index is 12.2. The molecule has 1 aromatic carbocycles. The Bertz CT molecular complexity index is 843. The highest BCUT2D eigenvalue weighted by molar-refractivity contribution is 6.32. The number of phenolic OH excluding ortho intramolecular Hbond substituents is 1. The van der Waals surface area contributed by atoms with Gasteiger partial charge in [-0.1, -0.05) is 53.1 Å². The maximum Gasteiger partial charge on any atom is 0.274 e. The molecule has 0 aliphatic heterocycles. The van der Waals surface area contributed by atoms with Gasteiger partial charge >= 0.3 is 0 Å². The van der Waals surface area contributed by atoms with Crippen molar-refractivity contribution in [1.82, 2.24) is 10.4 Å². The van der Waals surface area contributed by atoms with Crippen molar-refractivity contribution in [3.05, 3.63) is 57.9 Å². The van der Waals surface area contributed by atoms with E-state index in [4.69, 9.17) is 11.6 Å². The van der Waals surface area contributed by atoms with Gasteiger partial charge in [-0.15, -0.1) is 0 Å². The Balaban J connectivity index is 2.34. The number of hydrogen-bond acceptors (Lipinski definition) is 4. The molecule has 144 valence electrons. The first-order valence-electron chi connectivity index (χ1n) is 8.73. The zero-order valence-electron chi connectivity index (χ0n) is 16.6. The lowest BCUT2D eigenvalue weighted by atomic mass is 9.78. The number of pyridine rings is 1. The zero-order chi connectivity index (χ0) is 20.4. The summed E-state index contributed by atoms with van der Waals surface area (Å²) in [4.78, 5) is 16.1. The van der Waals surface area contributed by atoms with Crippen LogP contribution in [-0.2, 0) is 10.8 Å². The van der Waals surface area contributed by atoms with Crippen LogP contribution in [0.1, 0.15) is 68.6 Å². The number of carbonyl (C=O) groups is 1. The lowest BCUT2D eigenvalue weighted by Gasteiger charge is -2.27. The Kier molecular flexibility index (Phi) is 5.95. The molecule has 6 heteroatoms. The number of rotatable bonds is 3. The first-order valence-corrected chi connectivity index (χ1v) is 9.11. The van der Waals surface area contributed by atoms with E-state index in [1.165, 1.54) is 6.20 Å². The van der Waals surface area contributed by atoms with Crippen LogP contribution in [0.5, 0.6) is 5.75 Å². The first-order chi connectivity index (χ1) is 12.4. The van der Waals surface area contributed by atoms with Crippen molar-refractivity contribution in [3.8, 4) is 5.75 Å². The van der Waals surface area contributed by atoms with Crippen molar-refractivity contribution < 1.29 is 9.90 Å². The summed E-state index contributed by atoms with van der Waals surface area (Å²) in [5, 5.41) is 14.9. The number of benzene rings is 1. The Morgan fingerprint density at radius 3 is 2.19 bits per heavy atom. The van der Waals surface area contributed by atoms with E-state index < -0.39 is 5.91 Å². The number of aromatic hydroxyl groups is 1. The molecule has 1 aromatic heterocycles. The number of carbonyl (C=O) groups excluding carboxylic acids is 1. The molecule has 0 fully saturated rings. The third kappa shape index (κ3) is 5.07. The molecule has 1 amide bonds. The van der Waals surface area contributed by atoms with E-state index in [2.05, 4.69) is 15.5 Å². The van der Waals surface area contributed by atoms with Crippen LogP contribution in [0.4, 0.5) is 0 Å². The van der Waals surface area contributed by atoms with Crippen molar-refractivity contribution in [1.29, 1.82) is 0 Å². The maximum absolute atomic E-state index is 12.2. The van der Waals surface area contributed by atoms with Gasteiger partial charge in [-0.2, -0.15) is 5.10 Å². The third-order valence-corrected chi connectivity index (χ3v) is 4.43. The molecule has 5 nitrogen and oxygen atoms in total. The average molecular weight is 388 g/mol. The van der Waals surface area contributed by atoms with Gasteiger partial charge in [-0.05, 0) is 40.7 Å². The molecule has 2 N–H and O–H groups in total. The molecule has 2 aromatic rings. The number of aromatic nitrogens is 1. The number of halogens is 1. The summed E-state index contributed by atoms with van der Waals surface area (Å²) in [6, 6.07) is 6.99. The zero-order valence-corrected chi connectivity index (χ0v) is 17.3. The topological polar surface area (TPSA) is 74.6 Å². The second-order valence-corrected chi connectivity index (χ2v) is 8.86. The summed E-state index contributed by atoms with van der Waals surface area (Å²) in [6.07, 6.45) is 3.08. The van der Waals surface area contributed by atoms with E-state index >= 15 is 0 Å². The van der Waals surface area contributed by atoms with Gasteiger partial charge in [0.15, 0.2) is 0 Å². The molecule has 0 atom stereocenters. The standard InChI is InChI=1S/C21H26ClN3O2/c1-20(2,3)15-10-13(11-16(17(15)26)21(4,5)6)12-24-25-19(27)14-8-7-9-23-18(14)22/h7-12,26H,1-6H3,(H,25,27). The molecular weight excluding hydrogens is 362 g/mol. The van der Waals surface area contributed by atoms with Gasteiger partial charge in [0.1, 0.15) is 10.9 Å². The molecule has 0 saturated heterocycles. The van der Waals surface area contributed by atoms with Gasteiger partial charge in [0, 0.05) is 17.3 Å². The van der Waals surface area contributed by atoms with Crippen LogP contribution in [0, 0.1) is 0 Å². The van der Waals surface area contributed by atoms with Crippen molar-refractivity contribution >= 4 is 23.7 Å². The van der Waals surface area contributed by atoms with Crippen LogP contribution in [0.25, 0.3) is 0 Å². The number of nitrogens with zero attached hydrogens (tertiary/aromatic N) is 2. The molecule has 0 radical (unpaired) electrons. The van der Waals surface area contributed by atoms with Gasteiger partial charge in [-0.3, -0.25) is 4.79 Å². The Labute approximate surface area is 165 Å². The van der Waals surface area contributed by atoms with Crippen LogP contribution in [0.15, 0.2) is 35.6 Å². The summed E-state index contributed by atoms with van der Waals surface area (Å²) in [5.41, 5.74) is 4.70. The van der Waals surface area contributed by atoms with Crippen LogP contribution < -0.4 is 5.43 Å². The minimum Gasteiger partial charge on any atom is -0.507 e. The average Bonchev–Trinajstić information content (AvgIpc) is 2.54. The van der Waals surface area contributed by atoms with E-state index in [0.29, 0.717) is 5.75 Å². The molecular formula is C21H26ClN3O2. The van der Waals surface area contributed by atoms with Gasteiger partial charge < -0.3 is 5.11 Å². The molecule has 0 spiro atoms. The number of hydrogen-bond donors (Lipinski definition) is 2. The molecule has 27 heavy (non-hydrogen) atoms. The highest BCUT2D eigenvalue weighted by Gasteiger charge is 2.26. The minimum absolute atomic E-state index is 0.125. The Hall–Kier alpha value is -2.40. The lowest BCUT2D eigenvalue weighted by Crippen LogP contribution is -2.19. The van der Waals surface area contributed by atoms with Gasteiger partial charge in [-0.25, -0.2) is 10.4 Å².